The van der Waals surface area contributed by atoms with E-state index >= 15 is 0 Å². The van der Waals surface area contributed by atoms with Crippen LogP contribution < -0.4 is 14.8 Å². The molecule has 1 aliphatic carbocycles. The average molecular weight is 378 g/mol. The van der Waals surface area contributed by atoms with Crippen LogP contribution in [0.5, 0.6) is 11.5 Å². The van der Waals surface area contributed by atoms with Gasteiger partial charge in [0.15, 0.2) is 11.5 Å². The summed E-state index contributed by atoms with van der Waals surface area (Å²) in [6.45, 7) is 0. The first kappa shape index (κ1) is 17.1. The molecule has 1 spiro atoms. The maximum Gasteiger partial charge on any atom is 0.290 e. The lowest BCUT2D eigenvalue weighted by molar-refractivity contribution is -0.0716. The lowest BCUT2D eigenvalue weighted by Gasteiger charge is -2.21. The van der Waals surface area contributed by atoms with E-state index in [9.17, 15) is 13.6 Å². The Morgan fingerprint density at radius 2 is 1.96 bits per heavy atom. The van der Waals surface area contributed by atoms with Gasteiger partial charge in [-0.05, 0) is 48.9 Å². The summed E-state index contributed by atoms with van der Waals surface area (Å²) in [7, 11) is 0. The molecule has 0 saturated heterocycles. The third kappa shape index (κ3) is 3.33. The standard InChI is InChI=1S/C18H16F2N2O3S/c19-17(20)26-16-12(4-3-9-21-16)15(23)22-11-5-6-13-14(10-11)25-18(24-13)7-1-2-8-18/h3-6,9-10,17H,1-2,7-8H2,(H,22,23). The molecule has 0 atom stereocenters. The van der Waals surface area contributed by atoms with E-state index in [2.05, 4.69) is 10.3 Å². The van der Waals surface area contributed by atoms with Crippen LogP contribution in [0, 0.1) is 0 Å². The predicted molar refractivity (Wildman–Crippen MR) is 92.9 cm³/mol. The molecule has 4 rings (SSSR count). The van der Waals surface area contributed by atoms with Crippen molar-refractivity contribution in [3.05, 3.63) is 42.1 Å². The van der Waals surface area contributed by atoms with Crippen LogP contribution in [0.3, 0.4) is 0 Å². The minimum absolute atomic E-state index is 0.00866. The first-order valence-electron chi connectivity index (χ1n) is 8.28. The van der Waals surface area contributed by atoms with E-state index in [1.807, 2.05) is 0 Å². The number of ether oxygens (including phenoxy) is 2. The monoisotopic (exact) mass is 378 g/mol. The summed E-state index contributed by atoms with van der Waals surface area (Å²) in [5.41, 5.74) is 0.604. The number of alkyl halides is 2. The molecule has 26 heavy (non-hydrogen) atoms. The minimum atomic E-state index is -2.65. The minimum Gasteiger partial charge on any atom is -0.448 e. The zero-order chi connectivity index (χ0) is 18.1. The number of amides is 1. The molecule has 1 aromatic heterocycles. The molecule has 1 fully saturated rings. The molecule has 2 heterocycles. The maximum absolute atomic E-state index is 12.6. The fraction of sp³-hybridized carbons (Fsp3) is 0.333. The first-order chi connectivity index (χ1) is 12.5. The molecule has 1 aromatic carbocycles. The molecule has 0 unspecified atom stereocenters. The lowest BCUT2D eigenvalue weighted by Crippen LogP contribution is -2.34. The van der Waals surface area contributed by atoms with Gasteiger partial charge < -0.3 is 14.8 Å². The summed E-state index contributed by atoms with van der Waals surface area (Å²) in [5, 5.41) is 2.70. The second-order valence-corrected chi connectivity index (χ2v) is 7.15. The zero-order valence-electron chi connectivity index (χ0n) is 13.7. The number of nitrogens with one attached hydrogen (secondary N) is 1. The number of carbonyl (C=O) groups is 1. The quantitative estimate of drug-likeness (QED) is 0.782. The molecule has 1 amide bonds. The highest BCUT2D eigenvalue weighted by atomic mass is 32.2. The number of carbonyl (C=O) groups excluding carboxylic acids is 1. The van der Waals surface area contributed by atoms with Crippen molar-refractivity contribution >= 4 is 23.4 Å². The second kappa shape index (κ2) is 6.75. The van der Waals surface area contributed by atoms with Crippen LogP contribution in [0.2, 0.25) is 0 Å². The molecule has 1 saturated carbocycles. The predicted octanol–water partition coefficient (Wildman–Crippen LogP) is 4.69. The van der Waals surface area contributed by atoms with Gasteiger partial charge in [0, 0.05) is 30.8 Å². The summed E-state index contributed by atoms with van der Waals surface area (Å²) >= 11 is 0.247. The van der Waals surface area contributed by atoms with E-state index in [1.165, 1.54) is 18.3 Å². The molecular formula is C18H16F2N2O3S. The SMILES string of the molecule is O=C(Nc1ccc2c(c1)OC1(CCCC1)O2)c1cccnc1SC(F)F. The summed E-state index contributed by atoms with van der Waals surface area (Å²) < 4.78 is 37.2. The Bertz CT molecular complexity index is 841. The first-order valence-corrected chi connectivity index (χ1v) is 9.16. The van der Waals surface area contributed by atoms with E-state index in [0.717, 1.165) is 25.7 Å². The van der Waals surface area contributed by atoms with Crippen molar-refractivity contribution in [3.8, 4) is 11.5 Å². The second-order valence-electron chi connectivity index (χ2n) is 6.17. The van der Waals surface area contributed by atoms with Gasteiger partial charge in [0.2, 0.25) is 0 Å². The van der Waals surface area contributed by atoms with Crippen LogP contribution in [0.15, 0.2) is 41.6 Å². The summed E-state index contributed by atoms with van der Waals surface area (Å²) in [6, 6.07) is 8.14. The van der Waals surface area contributed by atoms with Gasteiger partial charge in [0.05, 0.1) is 5.56 Å². The van der Waals surface area contributed by atoms with E-state index in [-0.39, 0.29) is 22.4 Å². The third-order valence-electron chi connectivity index (χ3n) is 4.38. The topological polar surface area (TPSA) is 60.5 Å². The number of benzene rings is 1. The number of halogens is 2. The molecule has 0 bridgehead atoms. The molecule has 2 aromatic rings. The van der Waals surface area contributed by atoms with Crippen molar-refractivity contribution in [2.24, 2.45) is 0 Å². The van der Waals surface area contributed by atoms with Gasteiger partial charge in [-0.25, -0.2) is 4.98 Å². The normalized spacial score (nSPS) is 17.0. The average Bonchev–Trinajstić information content (AvgIpc) is 3.20. The van der Waals surface area contributed by atoms with Crippen LogP contribution in [0.1, 0.15) is 36.0 Å². The smallest absolute Gasteiger partial charge is 0.290 e. The highest BCUT2D eigenvalue weighted by Crippen LogP contribution is 2.47. The van der Waals surface area contributed by atoms with Gasteiger partial charge in [-0.2, -0.15) is 8.78 Å². The van der Waals surface area contributed by atoms with Crippen molar-refractivity contribution < 1.29 is 23.0 Å². The fourth-order valence-electron chi connectivity index (χ4n) is 3.23. The molecule has 5 nitrogen and oxygen atoms in total. The van der Waals surface area contributed by atoms with Gasteiger partial charge >= 0.3 is 0 Å². The van der Waals surface area contributed by atoms with E-state index in [4.69, 9.17) is 9.47 Å². The van der Waals surface area contributed by atoms with Crippen LogP contribution in [0.4, 0.5) is 14.5 Å². The van der Waals surface area contributed by atoms with Gasteiger partial charge in [-0.1, -0.05) is 0 Å². The van der Waals surface area contributed by atoms with Crippen molar-refractivity contribution in [3.63, 3.8) is 0 Å². The Hall–Kier alpha value is -2.35. The number of aromatic nitrogens is 1. The largest absolute Gasteiger partial charge is 0.448 e. The zero-order valence-corrected chi connectivity index (χ0v) is 14.5. The van der Waals surface area contributed by atoms with Crippen molar-refractivity contribution in [1.82, 2.24) is 4.98 Å². The van der Waals surface area contributed by atoms with Gasteiger partial charge in [-0.15, -0.1) is 0 Å². The van der Waals surface area contributed by atoms with Gasteiger partial charge in [0.25, 0.3) is 17.5 Å². The molecule has 8 heteroatoms. The summed E-state index contributed by atoms with van der Waals surface area (Å²) in [4.78, 5) is 16.3. The molecule has 136 valence electrons. The number of thioether (sulfide) groups is 1. The van der Waals surface area contributed by atoms with Crippen molar-refractivity contribution in [2.45, 2.75) is 42.3 Å². The van der Waals surface area contributed by atoms with Crippen LogP contribution in [-0.4, -0.2) is 22.4 Å². The van der Waals surface area contributed by atoms with Crippen molar-refractivity contribution in [1.29, 1.82) is 0 Å². The molecular weight excluding hydrogens is 362 g/mol. The van der Waals surface area contributed by atoms with Crippen LogP contribution in [0.25, 0.3) is 0 Å². The van der Waals surface area contributed by atoms with Gasteiger partial charge in [0.1, 0.15) is 5.03 Å². The van der Waals surface area contributed by atoms with Crippen molar-refractivity contribution in [2.75, 3.05) is 5.32 Å². The molecule has 1 aliphatic heterocycles. The molecule has 2 aliphatic rings. The van der Waals surface area contributed by atoms with E-state index in [1.54, 1.807) is 18.2 Å². The van der Waals surface area contributed by atoms with Crippen LogP contribution >= 0.6 is 11.8 Å². The Kier molecular flexibility index (Phi) is 4.44. The number of anilines is 1. The number of fused-ring (bicyclic) bond motifs is 1. The highest BCUT2D eigenvalue weighted by Gasteiger charge is 2.44. The number of hydrogen-bond acceptors (Lipinski definition) is 5. The van der Waals surface area contributed by atoms with E-state index in [0.29, 0.717) is 17.2 Å². The molecule has 1 N–H and O–H groups in total. The molecule has 0 radical (unpaired) electrons. The third-order valence-corrected chi connectivity index (χ3v) is 5.10. The lowest BCUT2D eigenvalue weighted by atomic mass is 10.2. The number of pyridine rings is 1. The van der Waals surface area contributed by atoms with Crippen LogP contribution in [-0.2, 0) is 0 Å². The van der Waals surface area contributed by atoms with E-state index < -0.39 is 17.5 Å². The summed E-state index contributed by atoms with van der Waals surface area (Å²) in [6.07, 6.45) is 5.18. The fourth-order valence-corrected chi connectivity index (χ4v) is 3.81. The Labute approximate surface area is 153 Å². The highest BCUT2D eigenvalue weighted by molar-refractivity contribution is 7.99. The number of rotatable bonds is 4. The Morgan fingerprint density at radius 3 is 2.73 bits per heavy atom. The summed E-state index contributed by atoms with van der Waals surface area (Å²) in [5.74, 6) is -2.49. The Morgan fingerprint density at radius 1 is 1.19 bits per heavy atom. The number of hydrogen-bond donors (Lipinski definition) is 1. The number of nitrogens with zero attached hydrogens (tertiary/aromatic N) is 1. The maximum atomic E-state index is 12.6. The Balaban J connectivity index is 1.52. The van der Waals surface area contributed by atoms with Gasteiger partial charge in [-0.3, -0.25) is 4.79 Å².